The average Bonchev–Trinajstić information content (AvgIpc) is 1.61. The smallest absolute Gasteiger partial charge is 1.00 e. The van der Waals surface area contributed by atoms with Gasteiger partial charge in [-0.15, -0.1) is 0 Å². The minimum absolute atomic E-state index is 0. The van der Waals surface area contributed by atoms with Gasteiger partial charge in [-0.05, 0) is 0 Å². The number of fused-ring (bicyclic) bond motifs is 40. The van der Waals surface area contributed by atoms with Gasteiger partial charge >= 0.3 is 19.5 Å². The molecule has 24 nitrogen and oxygen atoms in total. The van der Waals surface area contributed by atoms with Gasteiger partial charge in [0, 0.05) is 115 Å². The van der Waals surface area contributed by atoms with Crippen LogP contribution in [0.3, 0.4) is 0 Å². The van der Waals surface area contributed by atoms with Crippen LogP contribution >= 0.6 is 0 Å². The minimum Gasteiger partial charge on any atom is -1.00 e. The molecule has 18 rings (SSSR count). The molecule has 14 aromatic rings. The molecule has 0 saturated heterocycles. The molecule has 0 saturated carbocycles. The third-order valence-electron chi connectivity index (χ3n) is 16.2. The maximum Gasteiger partial charge on any atom is 2.00 e. The van der Waals surface area contributed by atoms with Gasteiger partial charge in [0.2, 0.25) is 0 Å². The van der Waals surface area contributed by atoms with Crippen molar-refractivity contribution in [1.82, 2.24) is 79.7 Å². The number of rotatable bonds is 0. The molecule has 4 aliphatic heterocycles. The number of hydrogen-bond donors (Lipinski definition) is 2. The summed E-state index contributed by atoms with van der Waals surface area (Å²) in [7, 11) is 15.8. The van der Waals surface area contributed by atoms with E-state index >= 15 is 0 Å². The molecule has 0 amide bonds. The van der Waals surface area contributed by atoms with Crippen molar-refractivity contribution in [3.05, 3.63) is 148 Å². The zero-order valence-electron chi connectivity index (χ0n) is 52.4. The Bertz CT molecular complexity index is 5170. The Morgan fingerprint density at radius 3 is 0.732 bits per heavy atom. The molecule has 484 valence electrons. The van der Waals surface area contributed by atoms with Crippen LogP contribution in [0.15, 0.2) is 148 Å². The van der Waals surface area contributed by atoms with Crippen LogP contribution < -0.4 is 146 Å². The van der Waals surface area contributed by atoms with Gasteiger partial charge in [0.15, 0.2) is 122 Å². The van der Waals surface area contributed by atoms with Crippen molar-refractivity contribution in [2.24, 2.45) is 56.4 Å². The summed E-state index contributed by atoms with van der Waals surface area (Å²) in [6.45, 7) is 0. The molecule has 0 aliphatic carbocycles. The van der Waals surface area contributed by atoms with Crippen molar-refractivity contribution in [1.29, 1.82) is 0 Å². The van der Waals surface area contributed by atoms with Crippen LogP contribution in [-0.2, 0) is 75.9 Å². The van der Waals surface area contributed by atoms with Crippen LogP contribution in [0.5, 0.6) is 0 Å². The quantitative estimate of drug-likeness (QED) is 0.106. The van der Waals surface area contributed by atoms with Gasteiger partial charge < -0.3 is 139 Å². The fourth-order valence-electron chi connectivity index (χ4n) is 11.8. The van der Waals surface area contributed by atoms with Crippen molar-refractivity contribution in [2.45, 2.75) is 0 Å². The molecule has 18 heterocycles. The summed E-state index contributed by atoms with van der Waals surface area (Å²) in [6, 6.07) is 16.1. The topological polar surface area (TPSA) is 245 Å². The first kappa shape index (κ1) is 73.7. The molecule has 14 aromatic heterocycles. The van der Waals surface area contributed by atoms with E-state index in [-0.39, 0.29) is 119 Å². The largest absolute Gasteiger partial charge is 2.00 e. The van der Waals surface area contributed by atoms with Crippen LogP contribution in [0.2, 0.25) is 0 Å². The number of aryl methyl sites for hydroxylation is 8. The third-order valence-corrected chi connectivity index (χ3v) is 16.2. The number of halogens is 8. The van der Waals surface area contributed by atoms with Crippen molar-refractivity contribution in [2.75, 3.05) is 0 Å². The Kier molecular flexibility index (Phi) is 21.4. The summed E-state index contributed by atoms with van der Waals surface area (Å²) in [4.78, 5) is 77.0. The fourth-order valence-corrected chi connectivity index (χ4v) is 11.8. The van der Waals surface area contributed by atoms with Gasteiger partial charge in [-0.1, -0.05) is 0 Å². The van der Waals surface area contributed by atoms with Crippen LogP contribution in [0.1, 0.15) is 0 Å². The third kappa shape index (κ3) is 12.6. The molecule has 33 heteroatoms. The maximum atomic E-state index is 5.08. The molecular formula is C64H50Cl8N24Zn. The maximum absolute atomic E-state index is 5.08. The second kappa shape index (κ2) is 28.1. The first-order chi connectivity index (χ1) is 42.7. The van der Waals surface area contributed by atoms with E-state index in [1.165, 1.54) is 0 Å². The first-order valence-electron chi connectivity index (χ1n) is 28.3. The van der Waals surface area contributed by atoms with Crippen LogP contribution in [0, 0.1) is 0 Å². The second-order valence-corrected chi connectivity index (χ2v) is 22.6. The van der Waals surface area contributed by atoms with Crippen molar-refractivity contribution in [3.8, 4) is 91.1 Å². The van der Waals surface area contributed by atoms with Gasteiger partial charge in [-0.3, -0.25) is 0 Å². The van der Waals surface area contributed by atoms with Gasteiger partial charge in [-0.2, -0.15) is 0 Å². The van der Waals surface area contributed by atoms with Crippen molar-refractivity contribution in [3.63, 3.8) is 0 Å². The summed E-state index contributed by atoms with van der Waals surface area (Å²) in [5, 5.41) is 7.17. The number of aromatic amines is 2. The van der Waals surface area contributed by atoms with Gasteiger partial charge in [0.1, 0.15) is 79.0 Å². The first-order valence-corrected chi connectivity index (χ1v) is 28.3. The van der Waals surface area contributed by atoms with Crippen molar-refractivity contribution >= 4 is 88.3 Å². The molecular weight excluding hydrogens is 1450 g/mol. The summed E-state index contributed by atoms with van der Waals surface area (Å²) in [6.07, 6.45) is 32.0. The molecule has 0 atom stereocenters. The van der Waals surface area contributed by atoms with E-state index < -0.39 is 0 Å². The summed E-state index contributed by atoms with van der Waals surface area (Å²) < 4.78 is 15.9. The molecule has 0 aromatic carbocycles. The van der Waals surface area contributed by atoms with Crippen LogP contribution in [0.4, 0.5) is 0 Å². The zero-order chi connectivity index (χ0) is 59.4. The number of nitrogens with zero attached hydrogens (tertiary/aromatic N) is 22. The van der Waals surface area contributed by atoms with E-state index in [2.05, 4.69) is 9.97 Å². The zero-order valence-corrected chi connectivity index (χ0v) is 61.4. The minimum atomic E-state index is 0. The number of nitrogens with one attached hydrogen (secondary N) is 2. The predicted molar refractivity (Wildman–Crippen MR) is 319 cm³/mol. The van der Waals surface area contributed by atoms with E-state index in [9.17, 15) is 0 Å². The Labute approximate surface area is 613 Å². The number of H-pyrrole nitrogens is 2. The van der Waals surface area contributed by atoms with Gasteiger partial charge in [0.05, 0.1) is 67.1 Å². The average molecular weight is 1500 g/mol. The Morgan fingerprint density at radius 1 is 0.227 bits per heavy atom. The molecule has 0 spiro atoms. The standard InChI is InChI=1S/C32H25N12.C32H24N12.8ClH.Zn/c2*1-41-9-5-17-21(13-41)29-33-25(17)38-30-23-15-43(3)11-7-19(23)27(35-30)40-32-24-16-44(4)12-8-20(24)28(36-32)39-31-22-14-42(2)10-6-18(22)26(34-31)37-29;;;;;;;;;/h5-16H,1-4H3,(H,33,34,35,36,37,38,39,40);5-16H,1-4H3;8*1H;/q+3;+2;;;;;;;;;+2/p-7. The molecule has 0 unspecified atom stereocenters. The number of aromatic nitrogens is 24. The molecule has 16 bridgehead atoms. The summed E-state index contributed by atoms with van der Waals surface area (Å²) in [5.41, 5.74) is 11.8. The van der Waals surface area contributed by atoms with E-state index in [1.54, 1.807) is 0 Å². The predicted octanol–water partition coefficient (Wildman–Crippen LogP) is -20.4. The number of hydrogen-bond acceptors (Lipinski definition) is 12. The molecule has 0 radical (unpaired) electrons. The second-order valence-electron chi connectivity index (χ2n) is 22.6. The van der Waals surface area contributed by atoms with Crippen LogP contribution in [0.25, 0.3) is 179 Å². The van der Waals surface area contributed by atoms with Gasteiger partial charge in [-0.25, -0.2) is 76.4 Å². The van der Waals surface area contributed by atoms with Gasteiger partial charge in [0.25, 0.3) is 0 Å². The molecule has 0 fully saturated rings. The van der Waals surface area contributed by atoms with Crippen LogP contribution in [-0.4, -0.2) is 69.8 Å². The SMILES string of the molecule is C[n+]1ccc2c(c1)-c1nc-2nc2[n-]c(nc3nc(nc4[n-]c(n1)c1cc[n+](C)cc41)-c1cc[n+](C)cc1-3)c1cc[n+](C)cc21.C[n+]1ccc2c(c1)-c1nc-2nc2[nH]c(nc3nc(nc4[nH]c(n1)c1cc[n+](C)cc41)-c1cc[n+](C)cc1-3)c1cc[n+](C)cc21.[Cl-].[Cl-].[Cl-].[Cl-].[Cl-].[Cl-].[Cl-].[Cl-].[Zn+2]. The Balaban J connectivity index is 0.000000227. The Morgan fingerprint density at radius 2 is 0.433 bits per heavy atom. The molecule has 97 heavy (non-hydrogen) atoms. The van der Waals surface area contributed by atoms with E-state index in [1.807, 2.05) is 241 Å². The normalized spacial score (nSPS) is 11.0. The summed E-state index contributed by atoms with van der Waals surface area (Å²) >= 11 is 0. The van der Waals surface area contributed by atoms with E-state index in [0.29, 0.717) is 91.8 Å². The fraction of sp³-hybridized carbons (Fsp3) is 0.125. The van der Waals surface area contributed by atoms with E-state index in [0.717, 1.165) is 87.6 Å². The molecule has 4 aliphatic rings. The monoisotopic (exact) mass is 1500 g/mol. The molecule has 2 N–H and O–H groups in total. The van der Waals surface area contributed by atoms with E-state index in [4.69, 9.17) is 69.8 Å². The Hall–Kier alpha value is -9.14. The van der Waals surface area contributed by atoms with Crippen molar-refractivity contribution < 1.29 is 155 Å². The number of pyridine rings is 8. The summed E-state index contributed by atoms with van der Waals surface area (Å²) in [5.74, 6) is 4.41.